The third-order valence-electron chi connectivity index (χ3n) is 14.2. The molecule has 7 aliphatic rings. The topological polar surface area (TPSA) is 143 Å². The Morgan fingerprint density at radius 1 is 0.786 bits per heavy atom. The van der Waals surface area contributed by atoms with Crippen molar-refractivity contribution >= 4 is 0 Å². The van der Waals surface area contributed by atoms with Gasteiger partial charge >= 0.3 is 0 Å². The van der Waals surface area contributed by atoms with Crippen molar-refractivity contribution in [2.45, 2.75) is 133 Å². The van der Waals surface area contributed by atoms with Crippen LogP contribution in [0.3, 0.4) is 0 Å². The molecule has 3 saturated heterocycles. The maximum atomic E-state index is 12.0. The third-order valence-corrected chi connectivity index (χ3v) is 14.2. The molecule has 0 aromatic rings. The molecule has 4 aliphatic carbocycles. The molecule has 6 N–H and O–H groups in total. The first kappa shape index (κ1) is 30.3. The van der Waals surface area contributed by atoms with Crippen LogP contribution in [0.1, 0.15) is 78.6 Å². The molecule has 3 aliphatic heterocycles. The zero-order chi connectivity index (χ0) is 29.7. The highest BCUT2D eigenvalue weighted by molar-refractivity contribution is 5.14. The van der Waals surface area contributed by atoms with Gasteiger partial charge in [-0.25, -0.2) is 0 Å². The second-order valence-electron chi connectivity index (χ2n) is 16.2. The highest BCUT2D eigenvalue weighted by Gasteiger charge is 2.64. The van der Waals surface area contributed by atoms with E-state index in [1.165, 1.54) is 19.3 Å². The predicted octanol–water partition coefficient (Wildman–Crippen LogP) is 1.50. The van der Waals surface area contributed by atoms with Gasteiger partial charge in [0, 0.05) is 19.1 Å². The lowest BCUT2D eigenvalue weighted by atomic mass is 9.51. The smallest absolute Gasteiger partial charge is 0.186 e. The number of ether oxygens (including phenoxy) is 2. The monoisotopic (exact) mass is 593 g/mol. The Bertz CT molecular complexity index is 995. The van der Waals surface area contributed by atoms with Crippen LogP contribution in [-0.2, 0) is 9.47 Å². The van der Waals surface area contributed by atoms with Crippen molar-refractivity contribution < 1.29 is 40.1 Å². The molecule has 0 spiro atoms. The minimum Gasteiger partial charge on any atom is -0.394 e. The second-order valence-corrected chi connectivity index (χ2v) is 16.2. The van der Waals surface area contributed by atoms with Crippen molar-refractivity contribution in [3.05, 3.63) is 0 Å². The molecule has 4 saturated carbocycles. The Morgan fingerprint density at radius 3 is 2.33 bits per heavy atom. The van der Waals surface area contributed by atoms with Gasteiger partial charge in [-0.2, -0.15) is 0 Å². The summed E-state index contributed by atoms with van der Waals surface area (Å²) in [5, 5.41) is 64.1. The van der Waals surface area contributed by atoms with Crippen LogP contribution in [-0.4, -0.2) is 110 Å². The third kappa shape index (κ3) is 4.58. The summed E-state index contributed by atoms with van der Waals surface area (Å²) in [6.07, 6.45) is 1.96. The van der Waals surface area contributed by atoms with Gasteiger partial charge in [0.2, 0.25) is 0 Å². The molecule has 42 heavy (non-hydrogen) atoms. The van der Waals surface area contributed by atoms with E-state index in [1.807, 2.05) is 0 Å². The SMILES string of the molecule is C[C@H]1CCC2N(C1)C[C@H]1C3CC4[C@@H](CC(O)C5C[C@@H](O[C@H]6O[C@H](CO)[C@@H](O)[C@@H](O)[C@H]6O)CC[C@@]54C)C3CCC1[C@]2(C)O. The lowest BCUT2D eigenvalue weighted by Crippen LogP contribution is -2.67. The van der Waals surface area contributed by atoms with E-state index in [0.717, 1.165) is 45.2 Å². The van der Waals surface area contributed by atoms with Crippen LogP contribution in [0, 0.1) is 52.8 Å². The second kappa shape index (κ2) is 10.9. The Labute approximate surface area is 250 Å². The highest BCUT2D eigenvalue weighted by atomic mass is 16.7. The molecule has 3 heterocycles. The van der Waals surface area contributed by atoms with Crippen molar-refractivity contribution in [3.63, 3.8) is 0 Å². The van der Waals surface area contributed by atoms with Gasteiger partial charge in [-0.3, -0.25) is 4.90 Å². The molecule has 0 radical (unpaired) electrons. The number of hydrogen-bond acceptors (Lipinski definition) is 9. The highest BCUT2D eigenvalue weighted by Crippen LogP contribution is 2.67. The van der Waals surface area contributed by atoms with E-state index in [-0.39, 0.29) is 23.5 Å². The van der Waals surface area contributed by atoms with Gasteiger partial charge in [-0.05, 0) is 117 Å². The molecule has 7 fully saturated rings. The summed E-state index contributed by atoms with van der Waals surface area (Å²) in [5.74, 6) is 3.97. The van der Waals surface area contributed by atoms with Crippen LogP contribution in [0.25, 0.3) is 0 Å². The Hall–Kier alpha value is -0.360. The van der Waals surface area contributed by atoms with E-state index in [1.54, 1.807) is 0 Å². The largest absolute Gasteiger partial charge is 0.394 e. The van der Waals surface area contributed by atoms with Gasteiger partial charge in [0.15, 0.2) is 6.29 Å². The molecule has 0 aromatic heterocycles. The molecule has 7 rings (SSSR count). The number of piperidine rings is 2. The molecule has 0 amide bonds. The van der Waals surface area contributed by atoms with E-state index in [4.69, 9.17) is 9.47 Å². The average molecular weight is 594 g/mol. The molecule has 18 atom stereocenters. The first-order valence-electron chi connectivity index (χ1n) is 17.0. The van der Waals surface area contributed by atoms with Crippen molar-refractivity contribution in [1.29, 1.82) is 0 Å². The molecule has 240 valence electrons. The van der Waals surface area contributed by atoms with E-state index < -0.39 is 49.0 Å². The van der Waals surface area contributed by atoms with Crippen LogP contribution >= 0.6 is 0 Å². The van der Waals surface area contributed by atoms with E-state index in [9.17, 15) is 30.6 Å². The molecular formula is C33H55NO8. The number of aliphatic hydroxyl groups excluding tert-OH is 5. The zero-order valence-electron chi connectivity index (χ0n) is 25.7. The van der Waals surface area contributed by atoms with Crippen LogP contribution in [0.2, 0.25) is 0 Å². The van der Waals surface area contributed by atoms with Crippen molar-refractivity contribution in [2.75, 3.05) is 19.7 Å². The predicted molar refractivity (Wildman–Crippen MR) is 154 cm³/mol. The van der Waals surface area contributed by atoms with Crippen molar-refractivity contribution in [2.24, 2.45) is 52.8 Å². The number of hydrogen-bond donors (Lipinski definition) is 6. The Balaban J connectivity index is 1.07. The Morgan fingerprint density at radius 2 is 1.57 bits per heavy atom. The Kier molecular flexibility index (Phi) is 7.84. The lowest BCUT2D eigenvalue weighted by Gasteiger charge is -2.60. The van der Waals surface area contributed by atoms with Gasteiger partial charge < -0.3 is 40.1 Å². The first-order chi connectivity index (χ1) is 19.9. The maximum absolute atomic E-state index is 12.0. The van der Waals surface area contributed by atoms with Gasteiger partial charge in [-0.15, -0.1) is 0 Å². The van der Waals surface area contributed by atoms with Crippen molar-refractivity contribution in [1.82, 2.24) is 4.90 Å². The molecule has 0 bridgehead atoms. The minimum absolute atomic E-state index is 0.00374. The van der Waals surface area contributed by atoms with Crippen molar-refractivity contribution in [3.8, 4) is 0 Å². The number of fused-ring (bicyclic) bond motifs is 8. The fourth-order valence-corrected chi connectivity index (χ4v) is 12.1. The summed E-state index contributed by atoms with van der Waals surface area (Å²) in [7, 11) is 0. The molecule has 9 heteroatoms. The molecule has 7 unspecified atom stereocenters. The lowest BCUT2D eigenvalue weighted by molar-refractivity contribution is -0.317. The standard InChI is InChI=1S/C33H55NO8/c1-16-4-7-27-33(3,40)22-6-5-18-19(21(22)14-34(27)13-16)11-23-20(18)12-25(36)24-10-17(8-9-32(23,24)2)41-31-30(39)29(38)28(37)26(15-35)42-31/h16-31,35-40H,4-15H2,1-3H3/t16-,17-,18?,19?,20-,21-,22?,23?,24?,25?,26+,27?,28+,29+,30+,31-,32+,33-/m0/s1. The average Bonchev–Trinajstić information content (AvgIpc) is 3.33. The normalized spacial score (nSPS) is 59.6. The molecular weight excluding hydrogens is 538 g/mol. The summed E-state index contributed by atoms with van der Waals surface area (Å²) in [6, 6.07) is 0.290. The number of nitrogens with zero attached hydrogens (tertiary/aromatic N) is 1. The quantitative estimate of drug-likeness (QED) is 0.269. The molecule has 0 aromatic carbocycles. The fraction of sp³-hybridized carbons (Fsp3) is 1.00. The fourth-order valence-electron chi connectivity index (χ4n) is 12.1. The van der Waals surface area contributed by atoms with Gasteiger partial charge in [-0.1, -0.05) is 13.8 Å². The van der Waals surface area contributed by atoms with E-state index in [0.29, 0.717) is 47.8 Å². The summed E-state index contributed by atoms with van der Waals surface area (Å²) in [5.41, 5.74) is -0.628. The minimum atomic E-state index is -1.45. The van der Waals surface area contributed by atoms with Crippen LogP contribution < -0.4 is 0 Å². The number of rotatable bonds is 3. The van der Waals surface area contributed by atoms with Crippen LogP contribution in [0.15, 0.2) is 0 Å². The first-order valence-corrected chi connectivity index (χ1v) is 17.0. The van der Waals surface area contributed by atoms with Gasteiger partial charge in [0.05, 0.1) is 24.4 Å². The van der Waals surface area contributed by atoms with E-state index in [2.05, 4.69) is 25.7 Å². The summed E-state index contributed by atoms with van der Waals surface area (Å²) >= 11 is 0. The summed E-state index contributed by atoms with van der Waals surface area (Å²) < 4.78 is 11.8. The van der Waals surface area contributed by atoms with Crippen LogP contribution in [0.5, 0.6) is 0 Å². The van der Waals surface area contributed by atoms with Gasteiger partial charge in [0.1, 0.15) is 24.4 Å². The summed E-state index contributed by atoms with van der Waals surface area (Å²) in [6.45, 7) is 8.63. The summed E-state index contributed by atoms with van der Waals surface area (Å²) in [4.78, 5) is 2.64. The maximum Gasteiger partial charge on any atom is 0.186 e. The number of aliphatic hydroxyl groups is 6. The van der Waals surface area contributed by atoms with Crippen LogP contribution in [0.4, 0.5) is 0 Å². The zero-order valence-corrected chi connectivity index (χ0v) is 25.7. The molecule has 9 nitrogen and oxygen atoms in total. The van der Waals surface area contributed by atoms with E-state index >= 15 is 0 Å². The van der Waals surface area contributed by atoms with Gasteiger partial charge in [0.25, 0.3) is 0 Å².